The number of benzene rings is 2. The van der Waals surface area contributed by atoms with Crippen LogP contribution in [0.15, 0.2) is 48.5 Å². The minimum atomic E-state index is -0.234. The number of thiocarbonyl (C=S) groups is 1. The van der Waals surface area contributed by atoms with E-state index < -0.39 is 0 Å². The van der Waals surface area contributed by atoms with Crippen LogP contribution in [0.3, 0.4) is 0 Å². The van der Waals surface area contributed by atoms with Crippen molar-refractivity contribution in [1.82, 2.24) is 0 Å². The van der Waals surface area contributed by atoms with Crippen LogP contribution in [0.2, 0.25) is 10.0 Å². The van der Waals surface area contributed by atoms with E-state index in [9.17, 15) is 4.79 Å². The van der Waals surface area contributed by atoms with Crippen molar-refractivity contribution in [2.24, 2.45) is 0 Å². The van der Waals surface area contributed by atoms with Gasteiger partial charge in [0.25, 0.3) is 0 Å². The Morgan fingerprint density at radius 1 is 1.10 bits per heavy atom. The number of amides is 1. The zero-order valence-electron chi connectivity index (χ0n) is 11.1. The van der Waals surface area contributed by atoms with Gasteiger partial charge in [0.2, 0.25) is 5.91 Å². The summed E-state index contributed by atoms with van der Waals surface area (Å²) in [5, 5.41) is 4.14. The lowest BCUT2D eigenvalue weighted by Gasteiger charge is -2.23. The predicted molar refractivity (Wildman–Crippen MR) is 92.3 cm³/mol. The maximum absolute atomic E-state index is 11.9. The fraction of sp³-hybridized carbons (Fsp3) is 0.0667. The number of halogens is 2. The largest absolute Gasteiger partial charge is 0.332 e. The number of nitrogens with zero attached hydrogens (tertiary/aromatic N) is 1. The molecule has 2 rings (SSSR count). The van der Waals surface area contributed by atoms with Gasteiger partial charge in [0.05, 0.1) is 5.69 Å². The van der Waals surface area contributed by atoms with E-state index in [4.69, 9.17) is 35.4 Å². The number of hydrogen-bond donors (Lipinski definition) is 1. The molecule has 0 spiro atoms. The monoisotopic (exact) mass is 338 g/mol. The molecule has 1 N–H and O–H groups in total. The zero-order valence-corrected chi connectivity index (χ0v) is 13.5. The normalized spacial score (nSPS) is 10.0. The molecule has 0 aliphatic carbocycles. The van der Waals surface area contributed by atoms with Gasteiger partial charge in [0, 0.05) is 22.7 Å². The number of rotatable bonds is 2. The average Bonchev–Trinajstić information content (AvgIpc) is 2.38. The molecule has 0 atom stereocenters. The summed E-state index contributed by atoms with van der Waals surface area (Å²) in [6, 6.07) is 14.2. The number of para-hydroxylation sites is 1. The Morgan fingerprint density at radius 3 is 2.19 bits per heavy atom. The second-order valence-electron chi connectivity index (χ2n) is 4.28. The van der Waals surface area contributed by atoms with Gasteiger partial charge in [-0.25, -0.2) is 0 Å². The molecule has 6 heteroatoms. The molecule has 0 aliphatic rings. The summed E-state index contributed by atoms with van der Waals surface area (Å²) in [4.78, 5) is 13.3. The summed E-state index contributed by atoms with van der Waals surface area (Å²) in [5.41, 5.74) is 1.32. The first kappa shape index (κ1) is 15.8. The molecule has 2 aromatic rings. The van der Waals surface area contributed by atoms with Gasteiger partial charge in [-0.15, -0.1) is 0 Å². The minimum absolute atomic E-state index is 0.234. The SMILES string of the molecule is CC(=O)N(C(=S)Nc1ccccc1)c1cc(Cl)cc(Cl)c1. The predicted octanol–water partition coefficient (Wildman–Crippen LogP) is 4.74. The molecule has 0 aromatic heterocycles. The van der Waals surface area contributed by atoms with Crippen LogP contribution in [-0.2, 0) is 4.79 Å². The van der Waals surface area contributed by atoms with Crippen LogP contribution in [0.5, 0.6) is 0 Å². The van der Waals surface area contributed by atoms with Gasteiger partial charge in [-0.2, -0.15) is 0 Å². The van der Waals surface area contributed by atoms with E-state index >= 15 is 0 Å². The molecule has 0 saturated heterocycles. The van der Waals surface area contributed by atoms with Crippen molar-refractivity contribution in [3.63, 3.8) is 0 Å². The highest BCUT2D eigenvalue weighted by Crippen LogP contribution is 2.26. The van der Waals surface area contributed by atoms with Crippen LogP contribution in [0.1, 0.15) is 6.92 Å². The summed E-state index contributed by atoms with van der Waals surface area (Å²) < 4.78 is 0. The Hall–Kier alpha value is -1.62. The topological polar surface area (TPSA) is 32.3 Å². The third-order valence-electron chi connectivity index (χ3n) is 2.65. The standard InChI is InChI=1S/C15H12Cl2N2OS/c1-10(20)19(14-8-11(16)7-12(17)9-14)15(21)18-13-5-3-2-4-6-13/h2-9H,1H3,(H,18,21). The second kappa shape index (κ2) is 6.89. The van der Waals surface area contributed by atoms with Gasteiger partial charge in [-0.05, 0) is 42.5 Å². The molecule has 0 heterocycles. The molecule has 0 fully saturated rings. The molecule has 0 radical (unpaired) electrons. The van der Waals surface area contributed by atoms with Gasteiger partial charge in [0.1, 0.15) is 0 Å². The summed E-state index contributed by atoms with van der Waals surface area (Å²) in [6.45, 7) is 1.42. The maximum Gasteiger partial charge on any atom is 0.230 e. The summed E-state index contributed by atoms with van der Waals surface area (Å²) >= 11 is 17.3. The fourth-order valence-corrected chi connectivity index (χ4v) is 2.68. The second-order valence-corrected chi connectivity index (χ2v) is 5.54. The first-order valence-corrected chi connectivity index (χ1v) is 7.26. The Kier molecular flexibility index (Phi) is 5.17. The molecule has 3 nitrogen and oxygen atoms in total. The lowest BCUT2D eigenvalue weighted by molar-refractivity contribution is -0.115. The average molecular weight is 339 g/mol. The number of nitrogens with one attached hydrogen (secondary N) is 1. The summed E-state index contributed by atoms with van der Waals surface area (Å²) in [5.74, 6) is -0.234. The maximum atomic E-state index is 11.9. The molecule has 2 aromatic carbocycles. The molecule has 0 bridgehead atoms. The number of anilines is 2. The van der Waals surface area contributed by atoms with Gasteiger partial charge < -0.3 is 5.32 Å². The van der Waals surface area contributed by atoms with Crippen LogP contribution in [0, 0.1) is 0 Å². The number of hydrogen-bond acceptors (Lipinski definition) is 2. The van der Waals surface area contributed by atoms with E-state index in [1.807, 2.05) is 30.3 Å². The van der Waals surface area contributed by atoms with E-state index in [0.717, 1.165) is 5.69 Å². The molecular weight excluding hydrogens is 327 g/mol. The van der Waals surface area contributed by atoms with Crippen molar-refractivity contribution in [1.29, 1.82) is 0 Å². The Bertz CT molecular complexity index is 656. The van der Waals surface area contributed by atoms with Gasteiger partial charge in [0.15, 0.2) is 5.11 Å². The molecule has 108 valence electrons. The molecule has 1 amide bonds. The van der Waals surface area contributed by atoms with E-state index in [0.29, 0.717) is 15.7 Å². The van der Waals surface area contributed by atoms with Crippen molar-refractivity contribution >= 4 is 57.8 Å². The van der Waals surface area contributed by atoms with Crippen LogP contribution in [0.4, 0.5) is 11.4 Å². The van der Waals surface area contributed by atoms with Crippen molar-refractivity contribution in [2.75, 3.05) is 10.2 Å². The fourth-order valence-electron chi connectivity index (χ4n) is 1.81. The van der Waals surface area contributed by atoms with E-state index in [1.54, 1.807) is 18.2 Å². The van der Waals surface area contributed by atoms with Gasteiger partial charge in [-0.3, -0.25) is 9.69 Å². The quantitative estimate of drug-likeness (QED) is 0.802. The van der Waals surface area contributed by atoms with Crippen LogP contribution < -0.4 is 10.2 Å². The smallest absolute Gasteiger partial charge is 0.230 e. The van der Waals surface area contributed by atoms with Crippen molar-refractivity contribution in [3.8, 4) is 0 Å². The first-order chi connectivity index (χ1) is 9.97. The van der Waals surface area contributed by atoms with E-state index in [2.05, 4.69) is 5.32 Å². The Balaban J connectivity index is 2.30. The molecule has 0 unspecified atom stereocenters. The zero-order chi connectivity index (χ0) is 15.4. The third-order valence-corrected chi connectivity index (χ3v) is 3.37. The van der Waals surface area contributed by atoms with Crippen LogP contribution >= 0.6 is 35.4 Å². The van der Waals surface area contributed by atoms with Crippen molar-refractivity contribution in [3.05, 3.63) is 58.6 Å². The Morgan fingerprint density at radius 2 is 1.67 bits per heavy atom. The molecular formula is C15H12Cl2N2OS. The number of carbonyl (C=O) groups excluding carboxylic acids is 1. The lowest BCUT2D eigenvalue weighted by atomic mass is 10.3. The lowest BCUT2D eigenvalue weighted by Crippen LogP contribution is -2.38. The highest BCUT2D eigenvalue weighted by molar-refractivity contribution is 7.80. The van der Waals surface area contributed by atoms with Gasteiger partial charge in [-0.1, -0.05) is 41.4 Å². The van der Waals surface area contributed by atoms with Crippen LogP contribution in [-0.4, -0.2) is 11.0 Å². The third kappa shape index (κ3) is 4.17. The minimum Gasteiger partial charge on any atom is -0.332 e. The number of carbonyl (C=O) groups is 1. The summed E-state index contributed by atoms with van der Waals surface area (Å²) in [7, 11) is 0. The van der Waals surface area contributed by atoms with Gasteiger partial charge >= 0.3 is 0 Å². The molecule has 0 saturated carbocycles. The van der Waals surface area contributed by atoms with E-state index in [-0.39, 0.29) is 11.0 Å². The highest BCUT2D eigenvalue weighted by Gasteiger charge is 2.18. The van der Waals surface area contributed by atoms with Crippen LogP contribution in [0.25, 0.3) is 0 Å². The first-order valence-electron chi connectivity index (χ1n) is 6.10. The summed E-state index contributed by atoms with van der Waals surface area (Å²) in [6.07, 6.45) is 0. The Labute approximate surface area is 138 Å². The molecule has 21 heavy (non-hydrogen) atoms. The molecule has 0 aliphatic heterocycles. The van der Waals surface area contributed by atoms with Crippen molar-refractivity contribution < 1.29 is 4.79 Å². The van der Waals surface area contributed by atoms with E-state index in [1.165, 1.54) is 11.8 Å². The highest BCUT2D eigenvalue weighted by atomic mass is 35.5. The van der Waals surface area contributed by atoms with Crippen molar-refractivity contribution in [2.45, 2.75) is 6.92 Å².